The minimum Gasteiger partial charge on any atom is -0.494 e. The number of hydrogen-bond acceptors (Lipinski definition) is 8. The minimum absolute atomic E-state index is 0.215. The van der Waals surface area contributed by atoms with Crippen LogP contribution in [-0.4, -0.2) is 66.7 Å². The lowest BCUT2D eigenvalue weighted by Gasteiger charge is -2.29. The number of aromatic nitrogens is 3. The predicted molar refractivity (Wildman–Crippen MR) is 163 cm³/mol. The Hall–Kier alpha value is -4.41. The number of carbonyl (C=O) groups excluding carboxylic acids is 1. The molecular formula is C30H38N8O2. The molecule has 0 bridgehead atoms. The maximum absolute atomic E-state index is 12.9. The largest absolute Gasteiger partial charge is 0.494 e. The third-order valence-electron chi connectivity index (χ3n) is 6.76. The second kappa shape index (κ2) is 12.6. The molecule has 0 atom stereocenters. The Morgan fingerprint density at radius 1 is 1.15 bits per heavy atom. The molecule has 3 N–H and O–H groups in total. The van der Waals surface area contributed by atoms with E-state index in [9.17, 15) is 4.79 Å². The molecule has 0 spiro atoms. The topological polar surface area (TPSA) is 105 Å². The lowest BCUT2D eigenvalue weighted by atomic mass is 10.1. The monoisotopic (exact) mass is 542 g/mol. The molecule has 0 saturated carbocycles. The number of allylic oxidation sites excluding steroid dienone is 1. The summed E-state index contributed by atoms with van der Waals surface area (Å²) in [5.74, 6) is 7.14. The quantitative estimate of drug-likeness (QED) is 0.116. The highest BCUT2D eigenvalue weighted by atomic mass is 16.5. The number of benzene rings is 2. The fraction of sp³-hybridized carbons (Fsp3) is 0.300. The maximum atomic E-state index is 12.9. The summed E-state index contributed by atoms with van der Waals surface area (Å²) in [6.07, 6.45) is 6.28. The van der Waals surface area contributed by atoms with Gasteiger partial charge in [0.1, 0.15) is 5.75 Å². The van der Waals surface area contributed by atoms with E-state index in [-0.39, 0.29) is 12.3 Å². The van der Waals surface area contributed by atoms with E-state index in [0.717, 1.165) is 40.9 Å². The van der Waals surface area contributed by atoms with Crippen molar-refractivity contribution in [3.8, 4) is 17.0 Å². The summed E-state index contributed by atoms with van der Waals surface area (Å²) in [5.41, 5.74) is 4.82. The van der Waals surface area contributed by atoms with Crippen molar-refractivity contribution in [1.29, 1.82) is 0 Å². The number of nitrogens with one attached hydrogen (secondary N) is 1. The van der Waals surface area contributed by atoms with Gasteiger partial charge in [-0.25, -0.2) is 20.8 Å². The average molecular weight is 543 g/mol. The van der Waals surface area contributed by atoms with Gasteiger partial charge in [-0.3, -0.25) is 4.79 Å². The standard InChI is InChI=1S/C30H38N8O2/c1-7-8-13-29(39)38(31)27-18-24(28(40-6)19-26(27)36(4)17-16-35(2)3)34-30-32-15-14-23(33-30)22-20-37(5)25-12-10-9-11-21(22)25/h7,9-12,14-15,18-20H,1,8,13,16-17,31H2,2-6H3,(H,32,33,34). The van der Waals surface area contributed by atoms with Crippen molar-refractivity contribution in [2.75, 3.05) is 56.6 Å². The molecule has 40 heavy (non-hydrogen) atoms. The maximum Gasteiger partial charge on any atom is 0.241 e. The van der Waals surface area contributed by atoms with Gasteiger partial charge in [-0.1, -0.05) is 24.3 Å². The Labute approximate surface area is 235 Å². The summed E-state index contributed by atoms with van der Waals surface area (Å²) >= 11 is 0. The number of hydrazine groups is 1. The van der Waals surface area contributed by atoms with Gasteiger partial charge in [0.15, 0.2) is 0 Å². The zero-order valence-electron chi connectivity index (χ0n) is 23.9. The normalized spacial score (nSPS) is 11.1. The van der Waals surface area contributed by atoms with Crippen molar-refractivity contribution in [3.05, 3.63) is 67.5 Å². The predicted octanol–water partition coefficient (Wildman–Crippen LogP) is 4.56. The second-order valence-corrected chi connectivity index (χ2v) is 9.92. The molecule has 2 heterocycles. The molecule has 0 unspecified atom stereocenters. The molecule has 0 fully saturated rings. The molecule has 210 valence electrons. The van der Waals surface area contributed by atoms with Crippen LogP contribution in [0.4, 0.5) is 23.0 Å². The molecule has 0 aliphatic heterocycles. The number of carbonyl (C=O) groups is 1. The van der Waals surface area contributed by atoms with E-state index in [4.69, 9.17) is 15.6 Å². The highest BCUT2D eigenvalue weighted by Gasteiger charge is 2.22. The minimum atomic E-state index is -0.215. The first-order valence-electron chi connectivity index (χ1n) is 13.1. The second-order valence-electron chi connectivity index (χ2n) is 9.92. The van der Waals surface area contributed by atoms with Gasteiger partial charge in [0.2, 0.25) is 11.9 Å². The van der Waals surface area contributed by atoms with E-state index in [1.54, 1.807) is 25.4 Å². The van der Waals surface area contributed by atoms with Crippen LogP contribution >= 0.6 is 0 Å². The summed E-state index contributed by atoms with van der Waals surface area (Å²) in [6, 6.07) is 13.8. The molecular weight excluding hydrogens is 504 g/mol. The van der Waals surface area contributed by atoms with Crippen LogP contribution < -0.4 is 25.8 Å². The van der Waals surface area contributed by atoms with E-state index in [1.165, 1.54) is 5.01 Å². The first-order chi connectivity index (χ1) is 19.2. The van der Waals surface area contributed by atoms with Gasteiger partial charge in [-0.05, 0) is 38.7 Å². The first kappa shape index (κ1) is 28.6. The third-order valence-corrected chi connectivity index (χ3v) is 6.76. The number of rotatable bonds is 12. The summed E-state index contributed by atoms with van der Waals surface area (Å²) in [6.45, 7) is 5.26. The fourth-order valence-corrected chi connectivity index (χ4v) is 4.51. The summed E-state index contributed by atoms with van der Waals surface area (Å²) in [4.78, 5) is 26.3. The van der Waals surface area contributed by atoms with E-state index in [1.807, 2.05) is 52.5 Å². The van der Waals surface area contributed by atoms with E-state index >= 15 is 0 Å². The number of nitrogens with two attached hydrogens (primary N) is 1. The zero-order chi connectivity index (χ0) is 28.8. The number of fused-ring (bicyclic) bond motifs is 1. The van der Waals surface area contributed by atoms with Crippen LogP contribution in [-0.2, 0) is 11.8 Å². The van der Waals surface area contributed by atoms with Crippen molar-refractivity contribution < 1.29 is 9.53 Å². The van der Waals surface area contributed by atoms with E-state index < -0.39 is 0 Å². The van der Waals surface area contributed by atoms with E-state index in [0.29, 0.717) is 29.5 Å². The lowest BCUT2D eigenvalue weighted by Crippen LogP contribution is -2.39. The SMILES string of the molecule is C=CCCC(=O)N(N)c1cc(Nc2nccc(-c3cn(C)c4ccccc34)n2)c(OC)cc1N(C)CCN(C)C. The summed E-state index contributed by atoms with van der Waals surface area (Å²) < 4.78 is 7.84. The summed E-state index contributed by atoms with van der Waals surface area (Å²) in [5, 5.41) is 5.60. The van der Waals surface area contributed by atoms with E-state index in [2.05, 4.69) is 49.6 Å². The third kappa shape index (κ3) is 6.24. The number of anilines is 4. The highest BCUT2D eigenvalue weighted by molar-refractivity contribution is 5.98. The van der Waals surface area contributed by atoms with Gasteiger partial charge in [0, 0.05) is 68.5 Å². The number of amides is 1. The Bertz CT molecular complexity index is 1500. The molecule has 0 aliphatic rings. The molecule has 2 aromatic carbocycles. The number of aryl methyl sites for hydroxylation is 1. The molecule has 0 saturated heterocycles. The van der Waals surface area contributed by atoms with Gasteiger partial charge < -0.3 is 24.4 Å². The number of para-hydroxylation sites is 1. The molecule has 10 nitrogen and oxygen atoms in total. The summed E-state index contributed by atoms with van der Waals surface area (Å²) in [7, 11) is 9.62. The zero-order valence-corrected chi connectivity index (χ0v) is 23.9. The molecule has 10 heteroatoms. The average Bonchev–Trinajstić information content (AvgIpc) is 3.30. The van der Waals surface area contributed by atoms with Crippen LogP contribution in [0, 0.1) is 0 Å². The Morgan fingerprint density at radius 3 is 2.65 bits per heavy atom. The van der Waals surface area contributed by atoms with Crippen molar-refractivity contribution in [3.63, 3.8) is 0 Å². The number of nitrogens with zero attached hydrogens (tertiary/aromatic N) is 6. The number of methoxy groups -OCH3 is 1. The van der Waals surface area contributed by atoms with Crippen molar-refractivity contribution in [2.24, 2.45) is 12.9 Å². The Kier molecular flexibility index (Phi) is 9.03. The molecule has 4 aromatic rings. The molecule has 2 aromatic heterocycles. The molecule has 1 amide bonds. The van der Waals surface area contributed by atoms with Crippen molar-refractivity contribution in [1.82, 2.24) is 19.4 Å². The Balaban J connectivity index is 1.73. The Morgan fingerprint density at radius 2 is 1.93 bits per heavy atom. The molecule has 0 radical (unpaired) electrons. The van der Waals surface area contributed by atoms with Crippen LogP contribution in [0.15, 0.2) is 67.5 Å². The van der Waals surface area contributed by atoms with Gasteiger partial charge >= 0.3 is 0 Å². The van der Waals surface area contributed by atoms with Crippen LogP contribution in [0.2, 0.25) is 0 Å². The smallest absolute Gasteiger partial charge is 0.241 e. The number of likely N-dealkylation sites (N-methyl/N-ethyl adjacent to an activating group) is 2. The van der Waals surface area contributed by atoms with Gasteiger partial charge in [-0.2, -0.15) is 0 Å². The molecule has 4 rings (SSSR count). The first-order valence-corrected chi connectivity index (χ1v) is 13.1. The van der Waals surface area contributed by atoms with Crippen molar-refractivity contribution >= 4 is 39.8 Å². The van der Waals surface area contributed by atoms with Crippen LogP contribution in [0.1, 0.15) is 12.8 Å². The van der Waals surface area contributed by atoms with Crippen LogP contribution in [0.25, 0.3) is 22.2 Å². The molecule has 0 aliphatic carbocycles. The van der Waals surface area contributed by atoms with Gasteiger partial charge in [0.05, 0.1) is 29.9 Å². The van der Waals surface area contributed by atoms with Crippen LogP contribution in [0.3, 0.4) is 0 Å². The number of hydrogen-bond donors (Lipinski definition) is 2. The fourth-order valence-electron chi connectivity index (χ4n) is 4.51. The van der Waals surface area contributed by atoms with Gasteiger partial charge in [-0.15, -0.1) is 6.58 Å². The van der Waals surface area contributed by atoms with Crippen LogP contribution in [0.5, 0.6) is 5.75 Å². The number of ether oxygens (including phenoxy) is 1. The highest BCUT2D eigenvalue weighted by Crippen LogP contribution is 2.39. The van der Waals surface area contributed by atoms with Crippen molar-refractivity contribution in [2.45, 2.75) is 12.8 Å². The van der Waals surface area contributed by atoms with Gasteiger partial charge in [0.25, 0.3) is 0 Å². The lowest BCUT2D eigenvalue weighted by molar-refractivity contribution is -0.118.